The molecule has 26 heavy (non-hydrogen) atoms. The Kier molecular flexibility index (Phi) is 8.57. The molecule has 0 aliphatic heterocycles. The van der Waals surface area contributed by atoms with E-state index in [4.69, 9.17) is 5.11 Å². The van der Waals surface area contributed by atoms with Gasteiger partial charge in [-0.15, -0.1) is 0 Å². The largest absolute Gasteiger partial charge is 0.481 e. The second kappa shape index (κ2) is 10.2. The molecular formula is C18H25F3N2O3. The molecule has 0 fully saturated rings. The van der Waals surface area contributed by atoms with Crippen molar-refractivity contribution in [3.63, 3.8) is 0 Å². The van der Waals surface area contributed by atoms with E-state index in [2.05, 4.69) is 10.6 Å². The molecule has 1 atom stereocenters. The summed E-state index contributed by atoms with van der Waals surface area (Å²) in [5, 5.41) is 14.3. The predicted molar refractivity (Wildman–Crippen MR) is 91.4 cm³/mol. The summed E-state index contributed by atoms with van der Waals surface area (Å²) in [5.41, 5.74) is -0.392. The zero-order chi connectivity index (χ0) is 19.7. The lowest BCUT2D eigenvalue weighted by molar-refractivity contribution is -0.138. The van der Waals surface area contributed by atoms with Crippen LogP contribution >= 0.6 is 0 Å². The van der Waals surface area contributed by atoms with E-state index in [0.717, 1.165) is 12.1 Å². The predicted octanol–water partition coefficient (Wildman–Crippen LogP) is 3.19. The second-order valence-electron chi connectivity index (χ2n) is 6.55. The van der Waals surface area contributed by atoms with Crippen molar-refractivity contribution < 1.29 is 27.9 Å². The third-order valence-corrected chi connectivity index (χ3v) is 3.70. The minimum Gasteiger partial charge on any atom is -0.481 e. The summed E-state index contributed by atoms with van der Waals surface area (Å²) < 4.78 is 38.2. The zero-order valence-electron chi connectivity index (χ0n) is 14.9. The van der Waals surface area contributed by atoms with Crippen molar-refractivity contribution in [2.75, 3.05) is 6.54 Å². The van der Waals surface area contributed by atoms with Gasteiger partial charge in [-0.05, 0) is 43.0 Å². The summed E-state index contributed by atoms with van der Waals surface area (Å²) in [6.07, 6.45) is -3.48. The first-order valence-corrected chi connectivity index (χ1v) is 8.48. The Balaban J connectivity index is 2.61. The number of carbonyl (C=O) groups excluding carboxylic acids is 1. The van der Waals surface area contributed by atoms with Crippen molar-refractivity contribution in [3.8, 4) is 0 Å². The topological polar surface area (TPSA) is 78.4 Å². The molecule has 0 saturated carbocycles. The number of amides is 1. The smallest absolute Gasteiger partial charge is 0.416 e. The molecule has 3 N–H and O–H groups in total. The van der Waals surface area contributed by atoms with Gasteiger partial charge in [0.15, 0.2) is 0 Å². The number of carbonyl (C=O) groups is 2. The first-order chi connectivity index (χ1) is 12.1. The molecule has 0 aliphatic carbocycles. The average molecular weight is 374 g/mol. The minimum absolute atomic E-state index is 0.00580. The second-order valence-corrected chi connectivity index (χ2v) is 6.55. The van der Waals surface area contributed by atoms with Crippen LogP contribution in [-0.2, 0) is 22.3 Å². The average Bonchev–Trinajstić information content (AvgIpc) is 2.54. The molecule has 0 heterocycles. The molecule has 146 valence electrons. The summed E-state index contributed by atoms with van der Waals surface area (Å²) in [4.78, 5) is 22.9. The zero-order valence-corrected chi connectivity index (χ0v) is 14.9. The van der Waals surface area contributed by atoms with Crippen molar-refractivity contribution in [2.45, 2.75) is 51.9 Å². The van der Waals surface area contributed by atoms with Crippen molar-refractivity contribution >= 4 is 11.9 Å². The molecule has 8 heteroatoms. The van der Waals surface area contributed by atoms with Crippen LogP contribution in [-0.4, -0.2) is 29.6 Å². The summed E-state index contributed by atoms with van der Waals surface area (Å²) in [7, 11) is 0. The van der Waals surface area contributed by atoms with Crippen molar-refractivity contribution in [3.05, 3.63) is 35.4 Å². The van der Waals surface area contributed by atoms with Gasteiger partial charge in [-0.3, -0.25) is 9.59 Å². The number of hydrogen-bond acceptors (Lipinski definition) is 3. The maximum atomic E-state index is 12.7. The Morgan fingerprint density at radius 3 is 2.50 bits per heavy atom. The first kappa shape index (κ1) is 22.0. The molecule has 0 unspecified atom stereocenters. The van der Waals surface area contributed by atoms with E-state index in [1.165, 1.54) is 12.1 Å². The molecule has 0 aromatic heterocycles. The highest BCUT2D eigenvalue weighted by atomic mass is 19.4. The Hall–Kier alpha value is -2.09. The number of halogens is 3. The molecule has 0 bridgehead atoms. The molecule has 5 nitrogen and oxygen atoms in total. The molecule has 0 spiro atoms. The van der Waals surface area contributed by atoms with E-state index in [0.29, 0.717) is 24.9 Å². The summed E-state index contributed by atoms with van der Waals surface area (Å²) in [6, 6.07) is 4.30. The van der Waals surface area contributed by atoms with Gasteiger partial charge in [-0.2, -0.15) is 13.2 Å². The normalized spacial score (nSPS) is 12.8. The van der Waals surface area contributed by atoms with Crippen molar-refractivity contribution in [1.82, 2.24) is 10.6 Å². The fourth-order valence-corrected chi connectivity index (χ4v) is 2.44. The molecule has 1 aromatic rings. The summed E-state index contributed by atoms with van der Waals surface area (Å²) in [5.74, 6) is -0.987. The number of aliphatic carboxylic acids is 1. The van der Waals surface area contributed by atoms with Gasteiger partial charge in [0.25, 0.3) is 0 Å². The highest BCUT2D eigenvalue weighted by molar-refractivity contribution is 5.81. The van der Waals surface area contributed by atoms with Gasteiger partial charge in [0, 0.05) is 13.0 Å². The van der Waals surface area contributed by atoms with E-state index in [1.54, 1.807) is 0 Å². The monoisotopic (exact) mass is 374 g/mol. The lowest BCUT2D eigenvalue weighted by Gasteiger charge is -2.20. The van der Waals surface area contributed by atoms with E-state index >= 15 is 0 Å². The quantitative estimate of drug-likeness (QED) is 0.550. The number of benzene rings is 1. The van der Waals surface area contributed by atoms with Gasteiger partial charge in [0.1, 0.15) is 0 Å². The molecule has 0 radical (unpaired) electrons. The van der Waals surface area contributed by atoms with Gasteiger partial charge in [-0.25, -0.2) is 0 Å². The summed E-state index contributed by atoms with van der Waals surface area (Å²) >= 11 is 0. The van der Waals surface area contributed by atoms with Crippen molar-refractivity contribution in [1.29, 1.82) is 0 Å². The number of alkyl halides is 3. The molecule has 1 rings (SSSR count). The van der Waals surface area contributed by atoms with Crippen LogP contribution in [0.2, 0.25) is 0 Å². The molecule has 1 amide bonds. The van der Waals surface area contributed by atoms with Gasteiger partial charge in [0.05, 0.1) is 11.6 Å². The third-order valence-electron chi connectivity index (χ3n) is 3.70. The Morgan fingerprint density at radius 1 is 1.23 bits per heavy atom. The van der Waals surface area contributed by atoms with E-state index < -0.39 is 23.8 Å². The fourth-order valence-electron chi connectivity index (χ4n) is 2.44. The standard InChI is InChI=1S/C18H25F3N2O3/c1-12(2)9-15(22-8-4-7-16(24)25)17(26)23-11-13-5-3-6-14(10-13)18(19,20)21/h3,5-6,10,12,15,22H,4,7-9,11H2,1-2H3,(H,23,26)(H,24,25)/t15-/m0/s1. The molecule has 0 aliphatic rings. The number of carboxylic acid groups (broad SMARTS) is 1. The van der Waals surface area contributed by atoms with Crippen LogP contribution in [0.5, 0.6) is 0 Å². The van der Waals surface area contributed by atoms with E-state index in [1.807, 2.05) is 13.8 Å². The van der Waals surface area contributed by atoms with Gasteiger partial charge >= 0.3 is 12.1 Å². The Bertz CT molecular complexity index is 604. The highest BCUT2D eigenvalue weighted by Gasteiger charge is 2.30. The fraction of sp³-hybridized carbons (Fsp3) is 0.556. The van der Waals surface area contributed by atoms with Crippen LogP contribution < -0.4 is 10.6 Å². The lowest BCUT2D eigenvalue weighted by atomic mass is 10.0. The molecule has 0 saturated heterocycles. The third kappa shape index (κ3) is 8.33. The van der Waals surface area contributed by atoms with Gasteiger partial charge < -0.3 is 15.7 Å². The van der Waals surface area contributed by atoms with E-state index in [-0.39, 0.29) is 24.8 Å². The van der Waals surface area contributed by atoms with Crippen LogP contribution in [0.1, 0.15) is 44.2 Å². The molecule has 1 aromatic carbocycles. The van der Waals surface area contributed by atoms with E-state index in [9.17, 15) is 22.8 Å². The maximum absolute atomic E-state index is 12.7. The summed E-state index contributed by atoms with van der Waals surface area (Å²) in [6.45, 7) is 4.27. The van der Waals surface area contributed by atoms with Crippen LogP contribution in [0.4, 0.5) is 13.2 Å². The lowest BCUT2D eigenvalue weighted by Crippen LogP contribution is -2.45. The van der Waals surface area contributed by atoms with Gasteiger partial charge in [-0.1, -0.05) is 26.0 Å². The van der Waals surface area contributed by atoms with Crippen LogP contribution in [0.15, 0.2) is 24.3 Å². The number of hydrogen-bond donors (Lipinski definition) is 3. The number of carboxylic acids is 1. The van der Waals surface area contributed by atoms with Gasteiger partial charge in [0.2, 0.25) is 5.91 Å². The maximum Gasteiger partial charge on any atom is 0.416 e. The number of rotatable bonds is 10. The SMILES string of the molecule is CC(C)C[C@H](NCCCC(=O)O)C(=O)NCc1cccc(C(F)(F)F)c1. The Morgan fingerprint density at radius 2 is 1.92 bits per heavy atom. The minimum atomic E-state index is -4.42. The number of nitrogens with one attached hydrogen (secondary N) is 2. The Labute approximate surface area is 151 Å². The highest BCUT2D eigenvalue weighted by Crippen LogP contribution is 2.29. The van der Waals surface area contributed by atoms with Crippen LogP contribution in [0.3, 0.4) is 0 Å². The van der Waals surface area contributed by atoms with Crippen LogP contribution in [0, 0.1) is 5.92 Å². The first-order valence-electron chi connectivity index (χ1n) is 8.48. The van der Waals surface area contributed by atoms with Crippen molar-refractivity contribution in [2.24, 2.45) is 5.92 Å². The molecular weight excluding hydrogens is 349 g/mol. The van der Waals surface area contributed by atoms with Crippen LogP contribution in [0.25, 0.3) is 0 Å².